The number of aliphatic hydroxyl groups is 1. The first-order valence-corrected chi connectivity index (χ1v) is 7.94. The van der Waals surface area contributed by atoms with E-state index in [1.54, 1.807) is 28.2 Å². The van der Waals surface area contributed by atoms with Gasteiger partial charge in [0.15, 0.2) is 0 Å². The Kier molecular flexibility index (Phi) is 14.4. The third kappa shape index (κ3) is 6.66. The van der Waals surface area contributed by atoms with Crippen molar-refractivity contribution in [2.45, 2.75) is 34.3 Å². The van der Waals surface area contributed by atoms with E-state index in [1.165, 1.54) is 27.9 Å². The van der Waals surface area contributed by atoms with Crippen LogP contribution in [0.15, 0.2) is 41.0 Å². The molecule has 0 bridgehead atoms. The molecule has 0 heterocycles. The zero-order chi connectivity index (χ0) is 18.0. The number of benzene rings is 1. The first-order chi connectivity index (χ1) is 10.9. The standard InChI is InChI=1S/C16H20O.2C2H6N.Ti/c1-10-11(2)13(4)16(12(10)3)15-8-6-5-7-14(15)9-17;2*1-3-2;/h5-8,12,17H,9H2,1-4H3;2*1-2H3;/q;2*-1;+2. The summed E-state index contributed by atoms with van der Waals surface area (Å²) in [4.78, 5) is 0. The van der Waals surface area contributed by atoms with Gasteiger partial charge in [-0.1, -0.05) is 36.8 Å². The van der Waals surface area contributed by atoms with Crippen molar-refractivity contribution in [3.8, 4) is 0 Å². The molecule has 1 atom stereocenters. The third-order valence-electron chi connectivity index (χ3n) is 4.12. The molecule has 0 radical (unpaired) electrons. The van der Waals surface area contributed by atoms with Crippen molar-refractivity contribution in [1.82, 2.24) is 0 Å². The maximum Gasteiger partial charge on any atom is 2.00 e. The van der Waals surface area contributed by atoms with Crippen molar-refractivity contribution in [2.75, 3.05) is 28.2 Å². The van der Waals surface area contributed by atoms with E-state index < -0.39 is 0 Å². The van der Waals surface area contributed by atoms with Crippen LogP contribution in [0, 0.1) is 5.92 Å². The molecule has 0 aliphatic heterocycles. The smallest absolute Gasteiger partial charge is 0.668 e. The third-order valence-corrected chi connectivity index (χ3v) is 4.12. The quantitative estimate of drug-likeness (QED) is 0.723. The van der Waals surface area contributed by atoms with Gasteiger partial charge in [0.05, 0.1) is 6.61 Å². The van der Waals surface area contributed by atoms with Crippen LogP contribution in [-0.4, -0.2) is 33.3 Å². The summed E-state index contributed by atoms with van der Waals surface area (Å²) in [6.07, 6.45) is 0. The molecule has 4 heteroatoms. The first kappa shape index (κ1) is 25.5. The Labute approximate surface area is 163 Å². The molecular weight excluding hydrogens is 332 g/mol. The van der Waals surface area contributed by atoms with Gasteiger partial charge in [-0.05, 0) is 48.6 Å². The van der Waals surface area contributed by atoms with Crippen molar-refractivity contribution in [1.29, 1.82) is 0 Å². The number of rotatable bonds is 2. The topological polar surface area (TPSA) is 48.4 Å². The summed E-state index contributed by atoms with van der Waals surface area (Å²) in [7, 11) is 7.00. The molecule has 3 nitrogen and oxygen atoms in total. The van der Waals surface area contributed by atoms with E-state index in [4.69, 9.17) is 0 Å². The summed E-state index contributed by atoms with van der Waals surface area (Å²) in [5, 5.41) is 16.4. The molecule has 1 aromatic carbocycles. The molecule has 132 valence electrons. The van der Waals surface area contributed by atoms with E-state index >= 15 is 0 Å². The van der Waals surface area contributed by atoms with Crippen LogP contribution in [0.5, 0.6) is 0 Å². The zero-order valence-electron chi connectivity index (χ0n) is 16.4. The summed E-state index contributed by atoms with van der Waals surface area (Å²) < 4.78 is 0. The van der Waals surface area contributed by atoms with Crippen molar-refractivity contribution >= 4 is 5.57 Å². The second-order valence-electron chi connectivity index (χ2n) is 5.78. The second-order valence-corrected chi connectivity index (χ2v) is 5.78. The number of allylic oxidation sites excluding steroid dienone is 4. The molecule has 0 fully saturated rings. The van der Waals surface area contributed by atoms with Crippen LogP contribution in [0.1, 0.15) is 38.8 Å². The van der Waals surface area contributed by atoms with E-state index in [1.807, 2.05) is 18.2 Å². The van der Waals surface area contributed by atoms with Gasteiger partial charge >= 0.3 is 21.7 Å². The van der Waals surface area contributed by atoms with Gasteiger partial charge in [-0.15, -0.1) is 0 Å². The Bertz CT molecular complexity index is 548. The normalized spacial score (nSPS) is 16.0. The summed E-state index contributed by atoms with van der Waals surface area (Å²) in [5.41, 5.74) is 7.83. The Hall–Kier alpha value is -0.706. The predicted molar refractivity (Wildman–Crippen MR) is 103 cm³/mol. The van der Waals surface area contributed by atoms with E-state index in [9.17, 15) is 5.11 Å². The molecule has 1 N–H and O–H groups in total. The molecule has 2 rings (SSSR count). The molecule has 0 spiro atoms. The maximum absolute atomic E-state index is 9.45. The van der Waals surface area contributed by atoms with Crippen LogP contribution in [0.3, 0.4) is 0 Å². The van der Waals surface area contributed by atoms with Crippen molar-refractivity contribution in [3.63, 3.8) is 0 Å². The summed E-state index contributed by atoms with van der Waals surface area (Å²) >= 11 is 0. The molecule has 1 aliphatic carbocycles. The Morgan fingerprint density at radius 3 is 1.75 bits per heavy atom. The fourth-order valence-electron chi connectivity index (χ4n) is 2.72. The van der Waals surface area contributed by atoms with Crippen molar-refractivity contribution in [3.05, 3.63) is 62.7 Å². The Morgan fingerprint density at radius 2 is 1.38 bits per heavy atom. The van der Waals surface area contributed by atoms with Gasteiger partial charge in [-0.25, -0.2) is 0 Å². The summed E-state index contributed by atoms with van der Waals surface area (Å²) in [6, 6.07) is 8.15. The van der Waals surface area contributed by atoms with E-state index in [0.29, 0.717) is 5.92 Å². The fraction of sp³-hybridized carbons (Fsp3) is 0.500. The van der Waals surface area contributed by atoms with Gasteiger partial charge in [0.1, 0.15) is 0 Å². The molecule has 0 saturated heterocycles. The van der Waals surface area contributed by atoms with Crippen LogP contribution < -0.4 is 0 Å². The van der Waals surface area contributed by atoms with Crippen LogP contribution in [0.4, 0.5) is 0 Å². The Balaban J connectivity index is 0. The average molecular weight is 364 g/mol. The van der Waals surface area contributed by atoms with Gasteiger partial charge in [0, 0.05) is 5.92 Å². The number of hydrogen-bond donors (Lipinski definition) is 1. The van der Waals surface area contributed by atoms with E-state index in [2.05, 4.69) is 44.4 Å². The zero-order valence-corrected chi connectivity index (χ0v) is 18.0. The number of nitrogens with zero attached hydrogens (tertiary/aromatic N) is 2. The van der Waals surface area contributed by atoms with Crippen molar-refractivity contribution < 1.29 is 26.8 Å². The van der Waals surface area contributed by atoms with Gasteiger partial charge in [0.25, 0.3) is 0 Å². The molecule has 0 saturated carbocycles. The summed E-state index contributed by atoms with van der Waals surface area (Å²) in [6.45, 7) is 8.94. The Morgan fingerprint density at radius 1 is 0.917 bits per heavy atom. The molecule has 1 unspecified atom stereocenters. The second kappa shape index (κ2) is 13.6. The predicted octanol–water partition coefficient (Wildman–Crippen LogP) is 5.18. The van der Waals surface area contributed by atoms with Gasteiger partial charge in [-0.3, -0.25) is 0 Å². The number of hydrogen-bond acceptors (Lipinski definition) is 1. The molecule has 1 aromatic rings. The largest absolute Gasteiger partial charge is 2.00 e. The number of aliphatic hydroxyl groups excluding tert-OH is 1. The average Bonchev–Trinajstić information content (AvgIpc) is 2.73. The van der Waals surface area contributed by atoms with Crippen LogP contribution in [-0.2, 0) is 28.3 Å². The van der Waals surface area contributed by atoms with Gasteiger partial charge < -0.3 is 15.7 Å². The van der Waals surface area contributed by atoms with Crippen molar-refractivity contribution in [2.24, 2.45) is 5.92 Å². The summed E-state index contributed by atoms with van der Waals surface area (Å²) in [5.74, 6) is 0.461. The van der Waals surface area contributed by atoms with Crippen LogP contribution in [0.25, 0.3) is 16.2 Å². The monoisotopic (exact) mass is 364 g/mol. The van der Waals surface area contributed by atoms with Gasteiger partial charge in [-0.2, -0.15) is 28.2 Å². The van der Waals surface area contributed by atoms with Crippen LogP contribution >= 0.6 is 0 Å². The molecule has 1 aliphatic rings. The molecule has 0 aromatic heterocycles. The van der Waals surface area contributed by atoms with Gasteiger partial charge in [0.2, 0.25) is 0 Å². The first-order valence-electron chi connectivity index (χ1n) is 7.94. The molecule has 24 heavy (non-hydrogen) atoms. The van der Waals surface area contributed by atoms with E-state index in [-0.39, 0.29) is 28.3 Å². The minimum Gasteiger partial charge on any atom is -0.668 e. The SMILES string of the molecule is CC1=C(C)C(C)C(c2ccccc2CO)=C1C.C[N-]C.C[N-]C.[Ti+2]. The van der Waals surface area contributed by atoms with Crippen LogP contribution in [0.2, 0.25) is 0 Å². The van der Waals surface area contributed by atoms with E-state index in [0.717, 1.165) is 5.56 Å². The molecular formula is C20H32N2OTi. The minimum absolute atomic E-state index is 0. The fourth-order valence-corrected chi connectivity index (χ4v) is 2.72. The maximum atomic E-state index is 9.45. The minimum atomic E-state index is 0. The molecule has 0 amide bonds.